The Morgan fingerprint density at radius 1 is 1.12 bits per heavy atom. The van der Waals surface area contributed by atoms with Crippen LogP contribution in [0.3, 0.4) is 0 Å². The zero-order chi connectivity index (χ0) is 18.5. The van der Waals surface area contributed by atoms with Gasteiger partial charge >= 0.3 is 5.97 Å². The summed E-state index contributed by atoms with van der Waals surface area (Å²) in [5.74, 6) is -1.85. The lowest BCUT2D eigenvalue weighted by atomic mass is 9.91. The largest absolute Gasteiger partial charge is 0.466 e. The summed E-state index contributed by atoms with van der Waals surface area (Å²) in [6, 6.07) is 0. The quantitative estimate of drug-likeness (QED) is 0.420. The van der Waals surface area contributed by atoms with Crippen molar-refractivity contribution < 1.29 is 34.0 Å². The minimum absolute atomic E-state index is 0.0564. The molecule has 2 aliphatic carbocycles. The van der Waals surface area contributed by atoms with Crippen LogP contribution >= 0.6 is 0 Å². The third kappa shape index (κ3) is 5.76. The molecule has 0 aromatic carbocycles. The van der Waals surface area contributed by atoms with Crippen LogP contribution in [-0.4, -0.2) is 53.9 Å². The van der Waals surface area contributed by atoms with Crippen molar-refractivity contribution in [1.82, 2.24) is 0 Å². The molecule has 7 nitrogen and oxygen atoms in total. The molecule has 4 fully saturated rings. The molecule has 25 heavy (non-hydrogen) atoms. The molecule has 2 N–H and O–H groups in total. The lowest BCUT2D eigenvalue weighted by molar-refractivity contribution is -0.246. The van der Waals surface area contributed by atoms with Gasteiger partial charge < -0.3 is 29.2 Å². The van der Waals surface area contributed by atoms with Crippen molar-refractivity contribution in [3.8, 4) is 0 Å². The van der Waals surface area contributed by atoms with Gasteiger partial charge in [-0.1, -0.05) is 6.58 Å². The highest BCUT2D eigenvalue weighted by Gasteiger charge is 2.52. The van der Waals surface area contributed by atoms with Gasteiger partial charge in [-0.2, -0.15) is 0 Å². The van der Waals surface area contributed by atoms with Gasteiger partial charge in [0.1, 0.15) is 6.10 Å². The molecule has 2 aliphatic heterocycles. The number of carbonyl (C=O) groups excluding carboxylic acids is 1. The Hall–Kier alpha value is -0.990. The summed E-state index contributed by atoms with van der Waals surface area (Å²) in [6.45, 7) is 5.79. The molecule has 0 bridgehead atoms. The van der Waals surface area contributed by atoms with E-state index in [0.717, 1.165) is 38.7 Å². The van der Waals surface area contributed by atoms with E-state index in [1.54, 1.807) is 6.92 Å². The summed E-state index contributed by atoms with van der Waals surface area (Å²) in [5, 5.41) is 16.9. The maximum absolute atomic E-state index is 10.2. The van der Waals surface area contributed by atoms with Crippen molar-refractivity contribution in [3.63, 3.8) is 0 Å². The summed E-state index contributed by atoms with van der Waals surface area (Å²) >= 11 is 0. The highest BCUT2D eigenvalue weighted by Crippen LogP contribution is 2.46. The number of rotatable bonds is 1. The van der Waals surface area contributed by atoms with Crippen molar-refractivity contribution in [2.24, 2.45) is 0 Å². The Labute approximate surface area is 148 Å². The van der Waals surface area contributed by atoms with Gasteiger partial charge in [-0.15, -0.1) is 0 Å². The van der Waals surface area contributed by atoms with Gasteiger partial charge in [0.15, 0.2) is 17.9 Å². The van der Waals surface area contributed by atoms with E-state index < -0.39 is 5.79 Å². The SMILES string of the molecule is C1COC2OC3(CCC3)OC2C1.C=C(C)C(=O)OC.OC1(O)CCC1. The Morgan fingerprint density at radius 3 is 2.04 bits per heavy atom. The monoisotopic (exact) mass is 358 g/mol. The molecule has 7 heteroatoms. The third-order valence-corrected chi connectivity index (χ3v) is 4.72. The molecule has 0 amide bonds. The van der Waals surface area contributed by atoms with Crippen molar-refractivity contribution in [3.05, 3.63) is 12.2 Å². The van der Waals surface area contributed by atoms with Crippen LogP contribution in [-0.2, 0) is 23.7 Å². The minimum atomic E-state index is -1.28. The minimum Gasteiger partial charge on any atom is -0.466 e. The third-order valence-electron chi connectivity index (χ3n) is 4.72. The summed E-state index contributed by atoms with van der Waals surface area (Å²) in [5.41, 5.74) is 0.433. The van der Waals surface area contributed by atoms with Gasteiger partial charge in [0.05, 0.1) is 7.11 Å². The summed E-state index contributed by atoms with van der Waals surface area (Å²) in [7, 11) is 1.33. The highest BCUT2D eigenvalue weighted by atomic mass is 16.8. The summed E-state index contributed by atoms with van der Waals surface area (Å²) in [4.78, 5) is 10.2. The second-order valence-corrected chi connectivity index (χ2v) is 7.03. The van der Waals surface area contributed by atoms with Crippen LogP contribution in [0.4, 0.5) is 0 Å². The summed E-state index contributed by atoms with van der Waals surface area (Å²) < 4.78 is 21.3. The average molecular weight is 358 g/mol. The Balaban J connectivity index is 0.000000150. The molecule has 0 aromatic heterocycles. The molecular weight excluding hydrogens is 328 g/mol. The molecule has 2 heterocycles. The fourth-order valence-electron chi connectivity index (χ4n) is 2.84. The molecule has 1 spiro atoms. The molecule has 4 aliphatic rings. The Kier molecular flexibility index (Phi) is 6.99. The number of ether oxygens (including phenoxy) is 4. The zero-order valence-electron chi connectivity index (χ0n) is 15.2. The lowest BCUT2D eigenvalue weighted by Crippen LogP contribution is -2.38. The zero-order valence-corrected chi connectivity index (χ0v) is 15.2. The molecule has 2 saturated carbocycles. The van der Waals surface area contributed by atoms with Crippen molar-refractivity contribution >= 4 is 5.97 Å². The topological polar surface area (TPSA) is 94.5 Å². The van der Waals surface area contributed by atoms with E-state index >= 15 is 0 Å². The van der Waals surface area contributed by atoms with Gasteiger partial charge in [-0.25, -0.2) is 4.79 Å². The van der Waals surface area contributed by atoms with E-state index in [1.165, 1.54) is 13.5 Å². The number of hydrogen-bond acceptors (Lipinski definition) is 7. The molecular formula is C18H30O7. The van der Waals surface area contributed by atoms with E-state index in [4.69, 9.17) is 24.4 Å². The predicted octanol–water partition coefficient (Wildman–Crippen LogP) is 2.01. The maximum atomic E-state index is 10.2. The lowest BCUT2D eigenvalue weighted by Gasteiger charge is -2.35. The number of fused-ring (bicyclic) bond motifs is 1. The van der Waals surface area contributed by atoms with E-state index in [2.05, 4.69) is 11.3 Å². The number of esters is 1. The molecule has 2 saturated heterocycles. The average Bonchev–Trinajstić information content (AvgIpc) is 2.94. The van der Waals surface area contributed by atoms with E-state index in [-0.39, 0.29) is 24.2 Å². The van der Waals surface area contributed by atoms with Crippen molar-refractivity contribution in [1.29, 1.82) is 0 Å². The Morgan fingerprint density at radius 2 is 1.72 bits per heavy atom. The molecule has 4 rings (SSSR count). The highest BCUT2D eigenvalue weighted by molar-refractivity contribution is 5.86. The normalized spacial score (nSPS) is 30.2. The van der Waals surface area contributed by atoms with E-state index in [9.17, 15) is 4.79 Å². The Bertz CT molecular complexity index is 448. The van der Waals surface area contributed by atoms with Crippen LogP contribution in [0.5, 0.6) is 0 Å². The number of methoxy groups -OCH3 is 1. The maximum Gasteiger partial charge on any atom is 0.332 e. The van der Waals surface area contributed by atoms with Crippen LogP contribution in [0.25, 0.3) is 0 Å². The first-order valence-electron chi connectivity index (χ1n) is 8.93. The first-order valence-corrected chi connectivity index (χ1v) is 8.93. The number of hydrogen-bond donors (Lipinski definition) is 2. The summed E-state index contributed by atoms with van der Waals surface area (Å²) in [6.07, 6.45) is 7.82. The van der Waals surface area contributed by atoms with Gasteiger partial charge in [0, 0.05) is 37.9 Å². The van der Waals surface area contributed by atoms with Gasteiger partial charge in [0.25, 0.3) is 0 Å². The van der Waals surface area contributed by atoms with Crippen LogP contribution < -0.4 is 0 Å². The molecule has 144 valence electrons. The van der Waals surface area contributed by atoms with Gasteiger partial charge in [-0.05, 0) is 32.6 Å². The van der Waals surface area contributed by atoms with E-state index in [0.29, 0.717) is 18.4 Å². The van der Waals surface area contributed by atoms with Crippen LogP contribution in [0, 0.1) is 0 Å². The standard InChI is InChI=1S/C9H14O3.C5H8O2.C4H8O2/c1-3-7-8(10-6-1)12-9(11-7)4-2-5-9;1-4(2)5(6)7-3;5-4(6)2-1-3-4/h7-8H,1-6H2;1H2,2-3H3;5-6H,1-3H2. The molecule has 2 atom stereocenters. The van der Waals surface area contributed by atoms with Crippen LogP contribution in [0.15, 0.2) is 12.2 Å². The predicted molar refractivity (Wildman–Crippen MR) is 89.4 cm³/mol. The van der Waals surface area contributed by atoms with Gasteiger partial charge in [0.2, 0.25) is 0 Å². The molecule has 2 unspecified atom stereocenters. The fourth-order valence-corrected chi connectivity index (χ4v) is 2.84. The number of aliphatic hydroxyl groups is 2. The smallest absolute Gasteiger partial charge is 0.332 e. The fraction of sp³-hybridized carbons (Fsp3) is 0.833. The van der Waals surface area contributed by atoms with Gasteiger partial charge in [-0.3, -0.25) is 0 Å². The first-order chi connectivity index (χ1) is 11.8. The molecule has 0 aromatic rings. The van der Waals surface area contributed by atoms with Crippen LogP contribution in [0.2, 0.25) is 0 Å². The van der Waals surface area contributed by atoms with Crippen LogP contribution in [0.1, 0.15) is 58.3 Å². The second-order valence-electron chi connectivity index (χ2n) is 7.03. The van der Waals surface area contributed by atoms with E-state index in [1.807, 2.05) is 0 Å². The van der Waals surface area contributed by atoms with Crippen molar-refractivity contribution in [2.75, 3.05) is 13.7 Å². The van der Waals surface area contributed by atoms with Crippen molar-refractivity contribution in [2.45, 2.75) is 82.3 Å². The number of carbonyl (C=O) groups is 1. The first kappa shape index (κ1) is 20.3. The second kappa shape index (κ2) is 8.60. The molecule has 0 radical (unpaired) electrons.